The number of hydrogen-bond donors (Lipinski definition) is 0. The van der Waals surface area contributed by atoms with Crippen molar-refractivity contribution in [1.29, 1.82) is 0 Å². The normalized spacial score (nSPS) is 24.7. The van der Waals surface area contributed by atoms with E-state index in [1.165, 1.54) is 6.20 Å². The first-order valence-electron chi connectivity index (χ1n) is 5.58. The lowest BCUT2D eigenvalue weighted by Gasteiger charge is -2.32. The molecule has 1 aromatic heterocycles. The Bertz CT molecular complexity index is 452. The summed E-state index contributed by atoms with van der Waals surface area (Å²) in [5.74, 6) is 0. The highest BCUT2D eigenvalue weighted by Gasteiger charge is 2.20. The van der Waals surface area contributed by atoms with Gasteiger partial charge in [0.05, 0.1) is 11.3 Å². The molecule has 0 aliphatic carbocycles. The van der Waals surface area contributed by atoms with E-state index in [0.29, 0.717) is 15.6 Å². The van der Waals surface area contributed by atoms with Crippen molar-refractivity contribution >= 4 is 39.6 Å². The summed E-state index contributed by atoms with van der Waals surface area (Å²) in [6.45, 7) is 6.28. The first-order valence-corrected chi connectivity index (χ1v) is 7.34. The predicted octanol–water partition coefficient (Wildman–Crippen LogP) is 2.54. The van der Waals surface area contributed by atoms with Gasteiger partial charge in [0.15, 0.2) is 0 Å². The molecule has 0 aromatic carbocycles. The average molecular weight is 286 g/mol. The molecule has 0 unspecified atom stereocenters. The van der Waals surface area contributed by atoms with Gasteiger partial charge in [0, 0.05) is 23.6 Å². The van der Waals surface area contributed by atoms with Gasteiger partial charge in [0.2, 0.25) is 5.13 Å². The Labute approximate surface area is 113 Å². The van der Waals surface area contributed by atoms with E-state index >= 15 is 0 Å². The summed E-state index contributed by atoms with van der Waals surface area (Å²) in [6, 6.07) is 0. The molecular formula is C10H14N4O2S2. The zero-order chi connectivity index (χ0) is 13.1. The molecule has 18 heavy (non-hydrogen) atoms. The minimum Gasteiger partial charge on any atom is -0.360 e. The van der Waals surface area contributed by atoms with E-state index < -0.39 is 4.92 Å². The van der Waals surface area contributed by atoms with Gasteiger partial charge in [-0.25, -0.2) is 9.98 Å². The Morgan fingerprint density at radius 3 is 2.78 bits per heavy atom. The summed E-state index contributed by atoms with van der Waals surface area (Å²) in [5.41, 5.74) is 0. The average Bonchev–Trinajstić information content (AvgIpc) is 2.73. The smallest absolute Gasteiger partial charge is 0.345 e. The molecule has 2 atom stereocenters. The number of nitro groups is 1. The van der Waals surface area contributed by atoms with E-state index in [4.69, 9.17) is 0 Å². The topological polar surface area (TPSA) is 71.6 Å². The Morgan fingerprint density at radius 1 is 1.56 bits per heavy atom. The lowest BCUT2D eigenvalue weighted by atomic mass is 10.3. The van der Waals surface area contributed by atoms with Crippen LogP contribution in [0.3, 0.4) is 0 Å². The van der Waals surface area contributed by atoms with E-state index in [2.05, 4.69) is 28.7 Å². The van der Waals surface area contributed by atoms with Crippen molar-refractivity contribution in [2.45, 2.75) is 24.3 Å². The monoisotopic (exact) mass is 286 g/mol. The molecule has 0 radical (unpaired) electrons. The molecule has 0 saturated carbocycles. The molecule has 2 rings (SSSR count). The van der Waals surface area contributed by atoms with Crippen LogP contribution in [0.4, 0.5) is 10.1 Å². The van der Waals surface area contributed by atoms with E-state index in [9.17, 15) is 10.1 Å². The van der Waals surface area contributed by atoms with Gasteiger partial charge in [-0.15, -0.1) is 0 Å². The first kappa shape index (κ1) is 13.3. The minimum atomic E-state index is -0.446. The number of rotatable bonds is 3. The van der Waals surface area contributed by atoms with Gasteiger partial charge < -0.3 is 4.90 Å². The third-order valence-corrected chi connectivity index (χ3v) is 4.52. The maximum Gasteiger partial charge on any atom is 0.345 e. The molecule has 1 aliphatic rings. The Morgan fingerprint density at radius 2 is 2.22 bits per heavy atom. The summed E-state index contributed by atoms with van der Waals surface area (Å²) < 4.78 is 0. The molecule has 2 heterocycles. The number of hydrogen-bond acceptors (Lipinski definition) is 6. The number of aromatic nitrogens is 1. The summed E-state index contributed by atoms with van der Waals surface area (Å²) >= 11 is 2.96. The third kappa shape index (κ3) is 3.42. The highest BCUT2D eigenvalue weighted by molar-refractivity contribution is 8.00. The summed E-state index contributed by atoms with van der Waals surface area (Å²) in [4.78, 5) is 20.3. The molecule has 1 aliphatic heterocycles. The van der Waals surface area contributed by atoms with Gasteiger partial charge in [-0.05, 0) is 11.3 Å². The van der Waals surface area contributed by atoms with Crippen molar-refractivity contribution in [2.75, 3.05) is 13.1 Å². The van der Waals surface area contributed by atoms with Gasteiger partial charge in [-0.3, -0.25) is 10.1 Å². The number of aliphatic imine (C=N–C) groups is 1. The fraction of sp³-hybridized carbons (Fsp3) is 0.600. The van der Waals surface area contributed by atoms with Gasteiger partial charge in [0.25, 0.3) is 0 Å². The second-order valence-electron chi connectivity index (χ2n) is 4.19. The van der Waals surface area contributed by atoms with Crippen LogP contribution < -0.4 is 0 Å². The lowest BCUT2D eigenvalue weighted by Crippen LogP contribution is -2.39. The number of thiazole rings is 1. The maximum atomic E-state index is 10.5. The number of thioether (sulfide) groups is 1. The van der Waals surface area contributed by atoms with Crippen molar-refractivity contribution < 1.29 is 4.92 Å². The second kappa shape index (κ2) is 5.66. The van der Waals surface area contributed by atoms with Crippen molar-refractivity contribution in [2.24, 2.45) is 4.99 Å². The molecule has 1 fully saturated rings. The first-order chi connectivity index (χ1) is 8.54. The van der Waals surface area contributed by atoms with E-state index in [-0.39, 0.29) is 5.00 Å². The third-order valence-electron chi connectivity index (χ3n) is 2.44. The van der Waals surface area contributed by atoms with E-state index in [1.807, 2.05) is 11.8 Å². The summed E-state index contributed by atoms with van der Waals surface area (Å²) in [5, 5.41) is 12.1. The van der Waals surface area contributed by atoms with Gasteiger partial charge >= 0.3 is 5.00 Å². The fourth-order valence-electron chi connectivity index (χ4n) is 1.84. The lowest BCUT2D eigenvalue weighted by molar-refractivity contribution is -0.380. The molecule has 0 amide bonds. The summed E-state index contributed by atoms with van der Waals surface area (Å²) in [6.07, 6.45) is 2.99. The highest BCUT2D eigenvalue weighted by atomic mass is 32.2. The van der Waals surface area contributed by atoms with Crippen molar-refractivity contribution in [3.63, 3.8) is 0 Å². The Hall–Kier alpha value is -1.15. The molecule has 0 bridgehead atoms. The van der Waals surface area contributed by atoms with Crippen molar-refractivity contribution in [3.05, 3.63) is 16.3 Å². The molecule has 1 aromatic rings. The highest BCUT2D eigenvalue weighted by Crippen LogP contribution is 2.28. The van der Waals surface area contributed by atoms with Crippen LogP contribution in [0.15, 0.2) is 11.2 Å². The van der Waals surface area contributed by atoms with Crippen molar-refractivity contribution in [1.82, 2.24) is 9.88 Å². The zero-order valence-corrected chi connectivity index (χ0v) is 11.8. The van der Waals surface area contributed by atoms with Crippen LogP contribution in [-0.4, -0.2) is 44.7 Å². The fourth-order valence-corrected chi connectivity index (χ4v) is 3.76. The largest absolute Gasteiger partial charge is 0.360 e. The maximum absolute atomic E-state index is 10.5. The second-order valence-corrected chi connectivity index (χ2v) is 7.06. The number of nitrogens with zero attached hydrogens (tertiary/aromatic N) is 4. The van der Waals surface area contributed by atoms with Crippen LogP contribution in [0, 0.1) is 10.1 Å². The minimum absolute atomic E-state index is 0.0260. The van der Waals surface area contributed by atoms with Crippen LogP contribution in [-0.2, 0) is 0 Å². The van der Waals surface area contributed by atoms with Gasteiger partial charge in [-0.2, -0.15) is 11.8 Å². The van der Waals surface area contributed by atoms with Crippen LogP contribution in [0.2, 0.25) is 0 Å². The quantitative estimate of drug-likeness (QED) is 0.369. The van der Waals surface area contributed by atoms with Crippen molar-refractivity contribution in [3.8, 4) is 0 Å². The molecule has 1 saturated heterocycles. The van der Waals surface area contributed by atoms with Gasteiger partial charge in [-0.1, -0.05) is 13.8 Å². The van der Waals surface area contributed by atoms with Crippen LogP contribution in [0.25, 0.3) is 0 Å². The Balaban J connectivity index is 1.99. The van der Waals surface area contributed by atoms with Gasteiger partial charge in [0.1, 0.15) is 6.20 Å². The SMILES string of the molecule is C[C@@H]1CN(C=Nc2ncc([N+](=O)[O-])s2)C[C@H](C)S1. The predicted molar refractivity (Wildman–Crippen MR) is 75.0 cm³/mol. The molecular weight excluding hydrogens is 272 g/mol. The van der Waals surface area contributed by atoms with Crippen LogP contribution in [0.5, 0.6) is 0 Å². The molecule has 0 N–H and O–H groups in total. The molecule has 6 nitrogen and oxygen atoms in total. The van der Waals surface area contributed by atoms with Crippen LogP contribution in [0.1, 0.15) is 13.8 Å². The molecule has 0 spiro atoms. The Kier molecular flexibility index (Phi) is 4.18. The van der Waals surface area contributed by atoms with E-state index in [0.717, 1.165) is 24.4 Å². The molecule has 98 valence electrons. The van der Waals surface area contributed by atoms with Crippen LogP contribution >= 0.6 is 23.1 Å². The van der Waals surface area contributed by atoms with E-state index in [1.54, 1.807) is 6.34 Å². The molecule has 8 heteroatoms. The zero-order valence-electron chi connectivity index (χ0n) is 10.1. The summed E-state index contributed by atoms with van der Waals surface area (Å²) in [7, 11) is 0. The standard InChI is InChI=1S/C10H14N4O2S2/c1-7-4-13(5-8(2)17-7)6-12-10-11-3-9(18-10)14(15)16/h3,6-8H,4-5H2,1-2H3/t7-,8+.